The van der Waals surface area contributed by atoms with Crippen LogP contribution in [0.2, 0.25) is 5.02 Å². The molecule has 1 aliphatic rings. The van der Waals surface area contributed by atoms with E-state index in [9.17, 15) is 4.79 Å². The van der Waals surface area contributed by atoms with Gasteiger partial charge in [0.15, 0.2) is 0 Å². The highest BCUT2D eigenvalue weighted by Crippen LogP contribution is 2.40. The van der Waals surface area contributed by atoms with Crippen molar-refractivity contribution in [2.24, 2.45) is 5.73 Å². The number of carbonyl (C=O) groups is 1. The van der Waals surface area contributed by atoms with E-state index < -0.39 is 5.41 Å². The molecule has 3 N–H and O–H groups in total. The quantitative estimate of drug-likeness (QED) is 0.812. The fraction of sp³-hybridized carbons (Fsp3) is 0.562. The highest BCUT2D eigenvalue weighted by atomic mass is 35.5. The molecule has 0 heterocycles. The van der Waals surface area contributed by atoms with Gasteiger partial charge in [-0.3, -0.25) is 4.79 Å². The van der Waals surface area contributed by atoms with E-state index >= 15 is 0 Å². The zero-order valence-electron chi connectivity index (χ0n) is 12.2. The van der Waals surface area contributed by atoms with Crippen molar-refractivity contribution in [3.05, 3.63) is 34.9 Å². The van der Waals surface area contributed by atoms with Gasteiger partial charge >= 0.3 is 0 Å². The summed E-state index contributed by atoms with van der Waals surface area (Å²) >= 11 is 6.11. The summed E-state index contributed by atoms with van der Waals surface area (Å²) in [4.78, 5) is 12.7. The highest BCUT2D eigenvalue weighted by Gasteiger charge is 2.40. The van der Waals surface area contributed by atoms with E-state index in [0.717, 1.165) is 37.7 Å². The Kier molecular flexibility index (Phi) is 7.50. The van der Waals surface area contributed by atoms with Crippen molar-refractivity contribution < 1.29 is 4.79 Å². The molecule has 0 radical (unpaired) electrons. The summed E-state index contributed by atoms with van der Waals surface area (Å²) < 4.78 is 0. The number of nitrogens with one attached hydrogen (secondary N) is 1. The van der Waals surface area contributed by atoms with Crippen molar-refractivity contribution in [3.63, 3.8) is 0 Å². The Morgan fingerprint density at radius 1 is 1.29 bits per heavy atom. The standard InChI is InChI=1S/C16H23ClN2O.ClH/c17-14-7-4-6-13(12-14)16(8-2-1-3-9-16)15(20)19-11-5-10-18;/h4,6-7,12H,1-3,5,8-11,18H2,(H,19,20);1H. The van der Waals surface area contributed by atoms with Crippen LogP contribution in [0.25, 0.3) is 0 Å². The lowest BCUT2D eigenvalue weighted by atomic mass is 9.68. The van der Waals surface area contributed by atoms with Gasteiger partial charge in [0.1, 0.15) is 0 Å². The van der Waals surface area contributed by atoms with E-state index in [0.29, 0.717) is 18.1 Å². The molecule has 0 atom stereocenters. The average molecular weight is 331 g/mol. The second-order valence-corrected chi connectivity index (χ2v) is 5.99. The summed E-state index contributed by atoms with van der Waals surface area (Å²) in [5.41, 5.74) is 6.13. The summed E-state index contributed by atoms with van der Waals surface area (Å²) in [5, 5.41) is 3.75. The predicted molar refractivity (Wildman–Crippen MR) is 90.1 cm³/mol. The molecule has 1 amide bonds. The summed E-state index contributed by atoms with van der Waals surface area (Å²) in [5.74, 6) is 0.132. The van der Waals surface area contributed by atoms with E-state index in [1.54, 1.807) is 0 Å². The number of rotatable bonds is 5. The molecule has 1 fully saturated rings. The van der Waals surface area contributed by atoms with Crippen molar-refractivity contribution in [1.82, 2.24) is 5.32 Å². The van der Waals surface area contributed by atoms with Gasteiger partial charge in [0, 0.05) is 11.6 Å². The maximum atomic E-state index is 12.7. The number of nitrogens with two attached hydrogens (primary N) is 1. The van der Waals surface area contributed by atoms with Crippen LogP contribution in [0.1, 0.15) is 44.1 Å². The molecule has 0 unspecified atom stereocenters. The molecule has 0 aliphatic heterocycles. The molecule has 0 saturated heterocycles. The van der Waals surface area contributed by atoms with Crippen LogP contribution >= 0.6 is 24.0 Å². The predicted octanol–water partition coefficient (Wildman–Crippen LogP) is 3.43. The first kappa shape index (κ1) is 18.3. The van der Waals surface area contributed by atoms with Crippen LogP contribution in [0.15, 0.2) is 24.3 Å². The van der Waals surface area contributed by atoms with Crippen molar-refractivity contribution in [2.45, 2.75) is 43.9 Å². The zero-order chi connectivity index (χ0) is 14.4. The van der Waals surface area contributed by atoms with Crippen LogP contribution in [-0.4, -0.2) is 19.0 Å². The number of benzene rings is 1. The van der Waals surface area contributed by atoms with Gasteiger partial charge in [-0.1, -0.05) is 43.0 Å². The minimum atomic E-state index is -0.405. The Balaban J connectivity index is 0.00000220. The normalized spacial score (nSPS) is 16.9. The monoisotopic (exact) mass is 330 g/mol. The maximum Gasteiger partial charge on any atom is 0.230 e. The number of hydrogen-bond donors (Lipinski definition) is 2. The Hall–Kier alpha value is -0.770. The van der Waals surface area contributed by atoms with Gasteiger partial charge in [-0.05, 0) is 43.5 Å². The second kappa shape index (κ2) is 8.62. The first-order chi connectivity index (χ1) is 9.69. The molecule has 1 aromatic rings. The molecule has 21 heavy (non-hydrogen) atoms. The molecule has 5 heteroatoms. The number of hydrogen-bond acceptors (Lipinski definition) is 2. The summed E-state index contributed by atoms with van der Waals surface area (Å²) in [7, 11) is 0. The molecule has 1 aromatic carbocycles. The van der Waals surface area contributed by atoms with Gasteiger partial charge in [0.05, 0.1) is 5.41 Å². The van der Waals surface area contributed by atoms with Crippen molar-refractivity contribution >= 4 is 29.9 Å². The largest absolute Gasteiger partial charge is 0.355 e. The van der Waals surface area contributed by atoms with Crippen LogP contribution in [0.5, 0.6) is 0 Å². The molecule has 2 rings (SSSR count). The molecular formula is C16H24Cl2N2O. The molecule has 3 nitrogen and oxygen atoms in total. The van der Waals surface area contributed by atoms with Crippen LogP contribution in [0.4, 0.5) is 0 Å². The van der Waals surface area contributed by atoms with Gasteiger partial charge in [0.2, 0.25) is 5.91 Å². The van der Waals surface area contributed by atoms with Crippen LogP contribution in [0, 0.1) is 0 Å². The number of halogens is 2. The molecule has 118 valence electrons. The van der Waals surface area contributed by atoms with E-state index in [4.69, 9.17) is 17.3 Å². The van der Waals surface area contributed by atoms with E-state index in [2.05, 4.69) is 5.32 Å². The lowest BCUT2D eigenvalue weighted by molar-refractivity contribution is -0.128. The minimum absolute atomic E-state index is 0. The highest BCUT2D eigenvalue weighted by molar-refractivity contribution is 6.30. The smallest absolute Gasteiger partial charge is 0.230 e. The van der Waals surface area contributed by atoms with Gasteiger partial charge in [-0.25, -0.2) is 0 Å². The van der Waals surface area contributed by atoms with Gasteiger partial charge in [-0.15, -0.1) is 12.4 Å². The minimum Gasteiger partial charge on any atom is -0.355 e. The fourth-order valence-corrected chi connectivity index (χ4v) is 3.25. The van der Waals surface area contributed by atoms with Crippen LogP contribution < -0.4 is 11.1 Å². The zero-order valence-corrected chi connectivity index (χ0v) is 13.8. The third-order valence-corrected chi connectivity index (χ3v) is 4.42. The van der Waals surface area contributed by atoms with E-state index in [1.165, 1.54) is 6.42 Å². The van der Waals surface area contributed by atoms with E-state index in [-0.39, 0.29) is 18.3 Å². The maximum absolute atomic E-state index is 12.7. The third-order valence-electron chi connectivity index (χ3n) is 4.19. The molecule has 0 bridgehead atoms. The third kappa shape index (κ3) is 4.35. The van der Waals surface area contributed by atoms with E-state index in [1.807, 2.05) is 24.3 Å². The number of amides is 1. The number of carbonyl (C=O) groups excluding carboxylic acids is 1. The van der Waals surface area contributed by atoms with Crippen molar-refractivity contribution in [3.8, 4) is 0 Å². The summed E-state index contributed by atoms with van der Waals surface area (Å²) in [6, 6.07) is 7.75. The molecule has 0 aromatic heterocycles. The van der Waals surface area contributed by atoms with Gasteiger partial charge in [-0.2, -0.15) is 0 Å². The lowest BCUT2D eigenvalue weighted by Crippen LogP contribution is -2.46. The molecule has 1 saturated carbocycles. The summed E-state index contributed by atoms with van der Waals surface area (Å²) in [6.07, 6.45) is 6.02. The molecular weight excluding hydrogens is 307 g/mol. The Morgan fingerprint density at radius 3 is 2.62 bits per heavy atom. The Labute approximate surface area is 138 Å². The average Bonchev–Trinajstić information content (AvgIpc) is 2.48. The SMILES string of the molecule is Cl.NCCCNC(=O)C1(c2cccc(Cl)c2)CCCCC1. The van der Waals surface area contributed by atoms with Crippen LogP contribution in [0.3, 0.4) is 0 Å². The van der Waals surface area contributed by atoms with Crippen LogP contribution in [-0.2, 0) is 10.2 Å². The second-order valence-electron chi connectivity index (χ2n) is 5.55. The first-order valence-electron chi connectivity index (χ1n) is 7.43. The van der Waals surface area contributed by atoms with Crippen molar-refractivity contribution in [2.75, 3.05) is 13.1 Å². The Morgan fingerprint density at radius 2 is 2.00 bits per heavy atom. The first-order valence-corrected chi connectivity index (χ1v) is 7.81. The van der Waals surface area contributed by atoms with Crippen molar-refractivity contribution in [1.29, 1.82) is 0 Å². The lowest BCUT2D eigenvalue weighted by Gasteiger charge is -2.36. The Bertz CT molecular complexity index is 459. The topological polar surface area (TPSA) is 55.1 Å². The fourth-order valence-electron chi connectivity index (χ4n) is 3.06. The molecule has 1 aliphatic carbocycles. The molecule has 0 spiro atoms. The van der Waals surface area contributed by atoms with Gasteiger partial charge in [0.25, 0.3) is 0 Å². The van der Waals surface area contributed by atoms with Gasteiger partial charge < -0.3 is 11.1 Å². The summed E-state index contributed by atoms with van der Waals surface area (Å²) in [6.45, 7) is 1.25.